The third-order valence-corrected chi connectivity index (χ3v) is 2.27. The molecule has 0 aliphatic carbocycles. The van der Waals surface area contributed by atoms with Crippen molar-refractivity contribution < 1.29 is 4.79 Å². The van der Waals surface area contributed by atoms with E-state index in [0.717, 1.165) is 4.47 Å². The first-order valence-corrected chi connectivity index (χ1v) is 5.14. The standard InChI is InChI=1S/C11H7BrN2O/c12-9-6-13-11(14-7-9)10(15)8-4-2-1-3-5-8/h1-7H. The number of carbonyl (C=O) groups is 1. The van der Waals surface area contributed by atoms with Crippen LogP contribution in [0.2, 0.25) is 0 Å². The molecule has 15 heavy (non-hydrogen) atoms. The van der Waals surface area contributed by atoms with Crippen LogP contribution in [0.15, 0.2) is 47.2 Å². The Bertz CT molecular complexity index is 468. The molecule has 0 aliphatic heterocycles. The summed E-state index contributed by atoms with van der Waals surface area (Å²) in [6, 6.07) is 8.97. The van der Waals surface area contributed by atoms with E-state index in [1.54, 1.807) is 24.5 Å². The van der Waals surface area contributed by atoms with Gasteiger partial charge >= 0.3 is 0 Å². The molecule has 0 bridgehead atoms. The highest BCUT2D eigenvalue weighted by Gasteiger charge is 2.10. The van der Waals surface area contributed by atoms with E-state index in [4.69, 9.17) is 0 Å². The van der Waals surface area contributed by atoms with Crippen LogP contribution in [0.25, 0.3) is 0 Å². The van der Waals surface area contributed by atoms with E-state index in [1.165, 1.54) is 0 Å². The Kier molecular flexibility index (Phi) is 2.87. The molecule has 0 atom stereocenters. The molecular formula is C11H7BrN2O. The predicted octanol–water partition coefficient (Wildman–Crippen LogP) is 2.47. The topological polar surface area (TPSA) is 42.9 Å². The maximum Gasteiger partial charge on any atom is 0.230 e. The summed E-state index contributed by atoms with van der Waals surface area (Å²) in [4.78, 5) is 19.7. The number of nitrogens with zero attached hydrogens (tertiary/aromatic N) is 2. The molecule has 4 heteroatoms. The Hall–Kier alpha value is -1.55. The minimum Gasteiger partial charge on any atom is -0.285 e. The van der Waals surface area contributed by atoms with Crippen molar-refractivity contribution in [1.82, 2.24) is 9.97 Å². The zero-order chi connectivity index (χ0) is 10.7. The van der Waals surface area contributed by atoms with Gasteiger partial charge in [0.2, 0.25) is 11.6 Å². The van der Waals surface area contributed by atoms with Crippen molar-refractivity contribution in [3.05, 3.63) is 58.6 Å². The van der Waals surface area contributed by atoms with Gasteiger partial charge in [-0.25, -0.2) is 9.97 Å². The summed E-state index contributed by atoms with van der Waals surface area (Å²) in [5, 5.41) is 0. The number of halogens is 1. The average molecular weight is 263 g/mol. The Morgan fingerprint density at radius 2 is 1.67 bits per heavy atom. The van der Waals surface area contributed by atoms with Gasteiger partial charge in [0.05, 0.1) is 4.47 Å². The Labute approximate surface area is 95.3 Å². The highest BCUT2D eigenvalue weighted by Crippen LogP contribution is 2.08. The molecule has 0 saturated heterocycles. The van der Waals surface area contributed by atoms with E-state index in [-0.39, 0.29) is 11.6 Å². The molecule has 3 nitrogen and oxygen atoms in total. The largest absolute Gasteiger partial charge is 0.285 e. The summed E-state index contributed by atoms with van der Waals surface area (Å²) in [5.41, 5.74) is 0.597. The van der Waals surface area contributed by atoms with Crippen molar-refractivity contribution in [3.63, 3.8) is 0 Å². The van der Waals surface area contributed by atoms with Crippen LogP contribution in [0.3, 0.4) is 0 Å². The number of hydrogen-bond acceptors (Lipinski definition) is 3. The van der Waals surface area contributed by atoms with Crippen molar-refractivity contribution in [1.29, 1.82) is 0 Å². The zero-order valence-electron chi connectivity index (χ0n) is 7.72. The summed E-state index contributed by atoms with van der Waals surface area (Å²) < 4.78 is 0.757. The first kappa shape index (κ1) is 9.98. The molecule has 0 amide bonds. The lowest BCUT2D eigenvalue weighted by atomic mass is 10.1. The van der Waals surface area contributed by atoms with Crippen LogP contribution < -0.4 is 0 Å². The average Bonchev–Trinajstić information content (AvgIpc) is 2.30. The number of rotatable bonds is 2. The quantitative estimate of drug-likeness (QED) is 0.781. The van der Waals surface area contributed by atoms with Crippen LogP contribution in [-0.4, -0.2) is 15.8 Å². The molecule has 2 aromatic rings. The molecule has 74 valence electrons. The molecule has 0 spiro atoms. The summed E-state index contributed by atoms with van der Waals surface area (Å²) in [5.74, 6) is 0.0486. The van der Waals surface area contributed by atoms with E-state index in [0.29, 0.717) is 5.56 Å². The smallest absolute Gasteiger partial charge is 0.230 e. The van der Waals surface area contributed by atoms with Gasteiger partial charge in [-0.05, 0) is 15.9 Å². The van der Waals surface area contributed by atoms with Crippen LogP contribution in [0.4, 0.5) is 0 Å². The SMILES string of the molecule is O=C(c1ccccc1)c1ncc(Br)cn1. The minimum atomic E-state index is -0.164. The lowest BCUT2D eigenvalue weighted by Crippen LogP contribution is -2.06. The van der Waals surface area contributed by atoms with Crippen LogP contribution in [-0.2, 0) is 0 Å². The summed E-state index contributed by atoms with van der Waals surface area (Å²) in [7, 11) is 0. The fourth-order valence-electron chi connectivity index (χ4n) is 1.15. The predicted molar refractivity (Wildman–Crippen MR) is 59.6 cm³/mol. The lowest BCUT2D eigenvalue weighted by Gasteiger charge is -1.98. The van der Waals surface area contributed by atoms with Crippen LogP contribution >= 0.6 is 15.9 Å². The summed E-state index contributed by atoms with van der Waals surface area (Å²) >= 11 is 3.21. The van der Waals surface area contributed by atoms with Gasteiger partial charge in [-0.1, -0.05) is 30.3 Å². The van der Waals surface area contributed by atoms with Crippen molar-refractivity contribution in [2.45, 2.75) is 0 Å². The first-order chi connectivity index (χ1) is 7.27. The van der Waals surface area contributed by atoms with Crippen LogP contribution in [0.5, 0.6) is 0 Å². The van der Waals surface area contributed by atoms with E-state index in [1.807, 2.05) is 18.2 Å². The first-order valence-electron chi connectivity index (χ1n) is 4.34. The maximum absolute atomic E-state index is 11.8. The van der Waals surface area contributed by atoms with E-state index in [2.05, 4.69) is 25.9 Å². The number of carbonyl (C=O) groups excluding carboxylic acids is 1. The van der Waals surface area contributed by atoms with Gasteiger partial charge < -0.3 is 0 Å². The van der Waals surface area contributed by atoms with Gasteiger partial charge in [-0.2, -0.15) is 0 Å². The molecule has 0 N–H and O–H groups in total. The fraction of sp³-hybridized carbons (Fsp3) is 0. The highest BCUT2D eigenvalue weighted by molar-refractivity contribution is 9.10. The molecule has 0 unspecified atom stereocenters. The van der Waals surface area contributed by atoms with Gasteiger partial charge in [-0.3, -0.25) is 4.79 Å². The minimum absolute atomic E-state index is 0.164. The fourth-order valence-corrected chi connectivity index (χ4v) is 1.35. The van der Waals surface area contributed by atoms with Gasteiger partial charge in [0.1, 0.15) is 0 Å². The lowest BCUT2D eigenvalue weighted by molar-refractivity contribution is 0.102. The third kappa shape index (κ3) is 2.27. The van der Waals surface area contributed by atoms with Crippen molar-refractivity contribution >= 4 is 21.7 Å². The molecule has 0 saturated carbocycles. The Morgan fingerprint density at radius 3 is 2.27 bits per heavy atom. The molecule has 0 fully saturated rings. The van der Waals surface area contributed by atoms with Gasteiger partial charge in [0.25, 0.3) is 0 Å². The number of benzene rings is 1. The second-order valence-electron chi connectivity index (χ2n) is 2.92. The molecule has 0 aliphatic rings. The van der Waals surface area contributed by atoms with Crippen molar-refractivity contribution in [3.8, 4) is 0 Å². The molecule has 2 rings (SSSR count). The van der Waals surface area contributed by atoms with E-state index in [9.17, 15) is 4.79 Å². The van der Waals surface area contributed by atoms with Gasteiger partial charge in [0.15, 0.2) is 0 Å². The van der Waals surface area contributed by atoms with Crippen molar-refractivity contribution in [2.75, 3.05) is 0 Å². The Morgan fingerprint density at radius 1 is 1.07 bits per heavy atom. The third-order valence-electron chi connectivity index (χ3n) is 1.86. The highest BCUT2D eigenvalue weighted by atomic mass is 79.9. The molecule has 1 aromatic carbocycles. The van der Waals surface area contributed by atoms with E-state index >= 15 is 0 Å². The molecular weight excluding hydrogens is 256 g/mol. The summed E-state index contributed by atoms with van der Waals surface area (Å²) in [6.45, 7) is 0. The van der Waals surface area contributed by atoms with E-state index < -0.39 is 0 Å². The molecule has 0 radical (unpaired) electrons. The number of hydrogen-bond donors (Lipinski definition) is 0. The molecule has 1 aromatic heterocycles. The number of aromatic nitrogens is 2. The second kappa shape index (κ2) is 4.31. The van der Waals surface area contributed by atoms with Crippen molar-refractivity contribution in [2.24, 2.45) is 0 Å². The maximum atomic E-state index is 11.8. The number of ketones is 1. The zero-order valence-corrected chi connectivity index (χ0v) is 9.31. The van der Waals surface area contributed by atoms with Gasteiger partial charge in [-0.15, -0.1) is 0 Å². The normalized spacial score (nSPS) is 9.93. The second-order valence-corrected chi connectivity index (χ2v) is 3.84. The Balaban J connectivity index is 2.33. The monoisotopic (exact) mass is 262 g/mol. The van der Waals surface area contributed by atoms with Gasteiger partial charge in [0, 0.05) is 18.0 Å². The van der Waals surface area contributed by atoms with Crippen LogP contribution in [0, 0.1) is 0 Å². The van der Waals surface area contributed by atoms with Crippen LogP contribution in [0.1, 0.15) is 16.2 Å². The summed E-state index contributed by atoms with van der Waals surface area (Å²) in [6.07, 6.45) is 3.12. The molecule has 1 heterocycles.